The van der Waals surface area contributed by atoms with E-state index in [1.807, 2.05) is 31.2 Å². The monoisotopic (exact) mass is 344 g/mol. The van der Waals surface area contributed by atoms with Crippen LogP contribution in [0, 0.1) is 6.92 Å². The van der Waals surface area contributed by atoms with Crippen molar-refractivity contribution in [3.63, 3.8) is 0 Å². The Bertz CT molecular complexity index is 672. The van der Waals surface area contributed by atoms with Crippen LogP contribution in [0.5, 0.6) is 0 Å². The van der Waals surface area contributed by atoms with E-state index in [0.29, 0.717) is 10.8 Å². The number of nitrogens with zero attached hydrogens (tertiary/aromatic N) is 2. The average molecular weight is 344 g/mol. The number of para-hydroxylation sites is 1. The zero-order valence-electron chi connectivity index (χ0n) is 12.2. The molecule has 0 saturated heterocycles. The number of alkyl halides is 3. The molecule has 0 aliphatic carbocycles. The summed E-state index contributed by atoms with van der Waals surface area (Å²) in [4.78, 5) is 0. The second-order valence-electron chi connectivity index (χ2n) is 4.76. The molecule has 23 heavy (non-hydrogen) atoms. The summed E-state index contributed by atoms with van der Waals surface area (Å²) in [6.07, 6.45) is -1.40. The number of nitrogens with one attached hydrogen (secondary N) is 2. The molecule has 1 aromatic carbocycles. The van der Waals surface area contributed by atoms with Gasteiger partial charge in [0.25, 0.3) is 0 Å². The molecule has 124 valence electrons. The molecule has 0 bridgehead atoms. The Hall–Kier alpha value is -2.13. The SMILES string of the molecule is Cc1ccccc1NC(=S)Nc1cnn(COCC(F)(F)F)c1. The fourth-order valence-corrected chi connectivity index (χ4v) is 1.98. The summed E-state index contributed by atoms with van der Waals surface area (Å²) in [5, 5.41) is 10.2. The van der Waals surface area contributed by atoms with Gasteiger partial charge < -0.3 is 15.4 Å². The van der Waals surface area contributed by atoms with Crippen LogP contribution in [0.1, 0.15) is 5.56 Å². The van der Waals surface area contributed by atoms with Crippen molar-refractivity contribution in [3.8, 4) is 0 Å². The van der Waals surface area contributed by atoms with Crippen LogP contribution in [0.25, 0.3) is 0 Å². The molecule has 2 N–H and O–H groups in total. The highest BCUT2D eigenvalue weighted by molar-refractivity contribution is 7.80. The average Bonchev–Trinajstić information content (AvgIpc) is 2.87. The van der Waals surface area contributed by atoms with Gasteiger partial charge in [-0.3, -0.25) is 0 Å². The molecule has 0 unspecified atom stereocenters. The third-order valence-corrected chi connectivity index (χ3v) is 2.98. The first-order valence-corrected chi connectivity index (χ1v) is 7.05. The molecule has 0 amide bonds. The van der Waals surface area contributed by atoms with Gasteiger partial charge in [-0.15, -0.1) is 0 Å². The summed E-state index contributed by atoms with van der Waals surface area (Å²) in [5.41, 5.74) is 2.45. The first-order chi connectivity index (χ1) is 10.8. The molecule has 5 nitrogen and oxygen atoms in total. The fraction of sp³-hybridized carbons (Fsp3) is 0.286. The van der Waals surface area contributed by atoms with Crippen LogP contribution in [0.2, 0.25) is 0 Å². The summed E-state index contributed by atoms with van der Waals surface area (Å²) in [7, 11) is 0. The molecular formula is C14H15F3N4OS. The molecule has 0 atom stereocenters. The lowest BCUT2D eigenvalue weighted by atomic mass is 10.2. The zero-order chi connectivity index (χ0) is 16.9. The van der Waals surface area contributed by atoms with E-state index in [0.717, 1.165) is 11.3 Å². The second-order valence-corrected chi connectivity index (χ2v) is 5.16. The number of ether oxygens (including phenoxy) is 1. The van der Waals surface area contributed by atoms with E-state index in [9.17, 15) is 13.2 Å². The molecule has 0 aliphatic heterocycles. The van der Waals surface area contributed by atoms with Gasteiger partial charge in [0.05, 0.1) is 18.1 Å². The molecule has 0 fully saturated rings. The molecule has 1 heterocycles. The van der Waals surface area contributed by atoms with Crippen molar-refractivity contribution in [2.24, 2.45) is 0 Å². The minimum Gasteiger partial charge on any atom is -0.350 e. The van der Waals surface area contributed by atoms with E-state index in [2.05, 4.69) is 20.5 Å². The number of hydrogen-bond donors (Lipinski definition) is 2. The highest BCUT2D eigenvalue weighted by Gasteiger charge is 2.27. The van der Waals surface area contributed by atoms with Gasteiger partial charge in [0.2, 0.25) is 0 Å². The maximum atomic E-state index is 12.0. The standard InChI is InChI=1S/C14H15F3N4OS/c1-10-4-2-3-5-12(10)20-13(23)19-11-6-18-21(7-11)9-22-8-14(15,16)17/h2-7H,8-9H2,1H3,(H2,19,20,23). The third kappa shape index (κ3) is 5.87. The lowest BCUT2D eigenvalue weighted by molar-refractivity contribution is -0.182. The Morgan fingerprint density at radius 1 is 1.30 bits per heavy atom. The smallest absolute Gasteiger partial charge is 0.350 e. The molecule has 1 aromatic heterocycles. The normalized spacial score (nSPS) is 11.3. The van der Waals surface area contributed by atoms with Gasteiger partial charge in [-0.1, -0.05) is 18.2 Å². The maximum absolute atomic E-state index is 12.0. The first kappa shape index (κ1) is 17.2. The number of aromatic nitrogens is 2. The Morgan fingerprint density at radius 3 is 2.74 bits per heavy atom. The van der Waals surface area contributed by atoms with Crippen molar-refractivity contribution in [1.29, 1.82) is 0 Å². The summed E-state index contributed by atoms with van der Waals surface area (Å²) in [6.45, 7) is 0.336. The van der Waals surface area contributed by atoms with Crippen molar-refractivity contribution < 1.29 is 17.9 Å². The topological polar surface area (TPSA) is 51.1 Å². The zero-order valence-corrected chi connectivity index (χ0v) is 13.0. The number of hydrogen-bond acceptors (Lipinski definition) is 3. The number of thiocarbonyl (C=S) groups is 1. The lowest BCUT2D eigenvalue weighted by Crippen LogP contribution is -2.19. The summed E-state index contributed by atoms with van der Waals surface area (Å²) >= 11 is 5.18. The predicted molar refractivity (Wildman–Crippen MR) is 85.3 cm³/mol. The minimum absolute atomic E-state index is 0.292. The van der Waals surface area contributed by atoms with E-state index >= 15 is 0 Å². The third-order valence-electron chi connectivity index (χ3n) is 2.77. The maximum Gasteiger partial charge on any atom is 0.411 e. The fourth-order valence-electron chi connectivity index (χ4n) is 1.75. The summed E-state index contributed by atoms with van der Waals surface area (Å²) < 4.78 is 41.7. The summed E-state index contributed by atoms with van der Waals surface area (Å²) in [5.74, 6) is 0. The van der Waals surface area contributed by atoms with Gasteiger partial charge in [-0.2, -0.15) is 18.3 Å². The molecular weight excluding hydrogens is 329 g/mol. The van der Waals surface area contributed by atoms with Crippen LogP contribution in [-0.2, 0) is 11.5 Å². The van der Waals surface area contributed by atoms with Gasteiger partial charge in [-0.25, -0.2) is 4.68 Å². The number of anilines is 2. The molecule has 0 aliphatic rings. The van der Waals surface area contributed by atoms with Gasteiger partial charge >= 0.3 is 6.18 Å². The van der Waals surface area contributed by atoms with Gasteiger partial charge in [0.1, 0.15) is 13.3 Å². The van der Waals surface area contributed by atoms with Gasteiger partial charge in [0.15, 0.2) is 5.11 Å². The number of halogens is 3. The largest absolute Gasteiger partial charge is 0.411 e. The van der Waals surface area contributed by atoms with E-state index in [1.165, 1.54) is 17.1 Å². The highest BCUT2D eigenvalue weighted by Crippen LogP contribution is 2.16. The van der Waals surface area contributed by atoms with E-state index < -0.39 is 12.8 Å². The Labute approximate surface area is 136 Å². The molecule has 9 heteroatoms. The second kappa shape index (κ2) is 7.42. The van der Waals surface area contributed by atoms with Crippen LogP contribution in [0.4, 0.5) is 24.5 Å². The quantitative estimate of drug-likeness (QED) is 0.813. The van der Waals surface area contributed by atoms with Crippen molar-refractivity contribution in [2.75, 3.05) is 17.2 Å². The Kier molecular flexibility index (Phi) is 5.56. The minimum atomic E-state index is -4.35. The predicted octanol–water partition coefficient (Wildman–Crippen LogP) is 3.54. The van der Waals surface area contributed by atoms with Crippen LogP contribution in [0.15, 0.2) is 36.7 Å². The summed E-state index contributed by atoms with van der Waals surface area (Å²) in [6, 6.07) is 7.63. The first-order valence-electron chi connectivity index (χ1n) is 6.64. The van der Waals surface area contributed by atoms with E-state index in [1.54, 1.807) is 0 Å². The molecule has 0 spiro atoms. The Balaban J connectivity index is 1.84. The van der Waals surface area contributed by atoms with Gasteiger partial charge in [-0.05, 0) is 30.8 Å². The Morgan fingerprint density at radius 2 is 2.04 bits per heavy atom. The van der Waals surface area contributed by atoms with Crippen LogP contribution < -0.4 is 10.6 Å². The van der Waals surface area contributed by atoms with E-state index in [4.69, 9.17) is 12.2 Å². The number of aryl methyl sites for hydroxylation is 1. The molecule has 0 saturated carbocycles. The number of rotatable bonds is 5. The van der Waals surface area contributed by atoms with Crippen molar-refractivity contribution >= 4 is 28.7 Å². The van der Waals surface area contributed by atoms with Crippen LogP contribution in [0.3, 0.4) is 0 Å². The molecule has 2 aromatic rings. The van der Waals surface area contributed by atoms with Crippen LogP contribution >= 0.6 is 12.2 Å². The van der Waals surface area contributed by atoms with Crippen molar-refractivity contribution in [3.05, 3.63) is 42.2 Å². The molecule has 2 rings (SSSR count). The molecule has 0 radical (unpaired) electrons. The van der Waals surface area contributed by atoms with Gasteiger partial charge in [0, 0.05) is 5.69 Å². The van der Waals surface area contributed by atoms with Crippen molar-refractivity contribution in [1.82, 2.24) is 9.78 Å². The number of benzene rings is 1. The van der Waals surface area contributed by atoms with Crippen molar-refractivity contribution in [2.45, 2.75) is 19.8 Å². The van der Waals surface area contributed by atoms with Crippen LogP contribution in [-0.4, -0.2) is 27.7 Å². The lowest BCUT2D eigenvalue weighted by Gasteiger charge is -2.11. The highest BCUT2D eigenvalue weighted by atomic mass is 32.1. The van der Waals surface area contributed by atoms with E-state index in [-0.39, 0.29) is 6.73 Å².